The minimum atomic E-state index is -0.741. The number of ketones is 1. The topological polar surface area (TPSA) is 83.4 Å². The van der Waals surface area contributed by atoms with Crippen LogP contribution in [0.2, 0.25) is 0 Å². The third-order valence-electron chi connectivity index (χ3n) is 3.48. The summed E-state index contributed by atoms with van der Waals surface area (Å²) in [5, 5.41) is 5.53. The van der Waals surface area contributed by atoms with Gasteiger partial charge in [-0.25, -0.2) is 4.79 Å². The number of Topliss-reactive ketones (excluding diaryl/α,β-unsaturated/α-hetero) is 1. The zero-order valence-corrected chi connectivity index (χ0v) is 15.7. The second-order valence-electron chi connectivity index (χ2n) is 4.99. The predicted octanol–water partition coefficient (Wildman–Crippen LogP) is 3.58. The Kier molecular flexibility index (Phi) is 6.74. The number of rotatable bonds is 8. The van der Waals surface area contributed by atoms with Gasteiger partial charge < -0.3 is 19.0 Å². The van der Waals surface area contributed by atoms with Crippen molar-refractivity contribution in [1.82, 2.24) is 0 Å². The van der Waals surface area contributed by atoms with Crippen LogP contribution in [0.1, 0.15) is 33.4 Å². The number of hydrogen-bond acceptors (Lipinski definition) is 8. The van der Waals surface area contributed by atoms with E-state index in [9.17, 15) is 9.59 Å². The van der Waals surface area contributed by atoms with E-state index in [1.54, 1.807) is 24.4 Å². The predicted molar refractivity (Wildman–Crippen MR) is 97.9 cm³/mol. The average Bonchev–Trinajstić information content (AvgIpc) is 3.21. The Hall–Kier alpha value is -2.87. The summed E-state index contributed by atoms with van der Waals surface area (Å²) in [6.45, 7) is 1.76. The van der Waals surface area contributed by atoms with Crippen LogP contribution in [0.4, 0.5) is 0 Å². The smallest absolute Gasteiger partial charge is 0.366 e. The molecule has 0 bridgehead atoms. The minimum Gasteiger partial charge on any atom is -0.493 e. The number of carbonyl (C=O) groups excluding carboxylic acids is 2. The van der Waals surface area contributed by atoms with E-state index in [1.165, 1.54) is 44.8 Å². The summed E-state index contributed by atoms with van der Waals surface area (Å²) in [6.07, 6.45) is 0.333. The van der Waals surface area contributed by atoms with Gasteiger partial charge in [0.05, 0.1) is 31.8 Å². The van der Waals surface area contributed by atoms with Crippen molar-refractivity contribution in [3.05, 3.63) is 40.1 Å². The van der Waals surface area contributed by atoms with Crippen LogP contribution in [0, 0.1) is 0 Å². The minimum absolute atomic E-state index is 0.155. The first-order valence-electron chi connectivity index (χ1n) is 7.72. The molecule has 1 aromatic heterocycles. The molecule has 8 heteroatoms. The molecule has 7 nitrogen and oxygen atoms in total. The van der Waals surface area contributed by atoms with Gasteiger partial charge in [0.25, 0.3) is 0 Å². The zero-order chi connectivity index (χ0) is 19.1. The van der Waals surface area contributed by atoms with E-state index < -0.39 is 5.97 Å². The van der Waals surface area contributed by atoms with Crippen LogP contribution in [0.5, 0.6) is 17.2 Å². The number of ether oxygens (including phenoxy) is 3. The molecule has 0 saturated carbocycles. The van der Waals surface area contributed by atoms with Crippen LogP contribution in [0.25, 0.3) is 0 Å². The maximum atomic E-state index is 12.3. The van der Waals surface area contributed by atoms with Gasteiger partial charge in [0.15, 0.2) is 11.5 Å². The molecular weight excluding hydrogens is 358 g/mol. The quantitative estimate of drug-likeness (QED) is 0.303. The first-order chi connectivity index (χ1) is 12.5. The van der Waals surface area contributed by atoms with E-state index >= 15 is 0 Å². The third kappa shape index (κ3) is 4.20. The van der Waals surface area contributed by atoms with Crippen molar-refractivity contribution >= 4 is 28.8 Å². The van der Waals surface area contributed by atoms with Crippen LogP contribution in [0.15, 0.2) is 34.8 Å². The first kappa shape index (κ1) is 19.5. The fourth-order valence-corrected chi connectivity index (χ4v) is 2.85. The van der Waals surface area contributed by atoms with E-state index in [4.69, 9.17) is 19.0 Å². The number of methoxy groups -OCH3 is 3. The van der Waals surface area contributed by atoms with Crippen LogP contribution in [-0.4, -0.2) is 38.8 Å². The van der Waals surface area contributed by atoms with Crippen molar-refractivity contribution in [2.75, 3.05) is 21.3 Å². The molecule has 1 heterocycles. The summed E-state index contributed by atoms with van der Waals surface area (Å²) < 4.78 is 15.6. The van der Waals surface area contributed by atoms with Gasteiger partial charge in [0.1, 0.15) is 5.71 Å². The van der Waals surface area contributed by atoms with Gasteiger partial charge in [-0.2, -0.15) is 0 Å². The highest BCUT2D eigenvalue weighted by Crippen LogP contribution is 2.38. The monoisotopic (exact) mass is 377 g/mol. The Bertz CT molecular complexity index is 788. The van der Waals surface area contributed by atoms with Crippen molar-refractivity contribution in [3.8, 4) is 17.2 Å². The van der Waals surface area contributed by atoms with Crippen molar-refractivity contribution in [2.24, 2.45) is 5.16 Å². The molecule has 2 aromatic rings. The zero-order valence-electron chi connectivity index (χ0n) is 14.9. The molecule has 138 valence electrons. The highest BCUT2D eigenvalue weighted by molar-refractivity contribution is 7.13. The van der Waals surface area contributed by atoms with Gasteiger partial charge in [0, 0.05) is 0 Å². The van der Waals surface area contributed by atoms with E-state index in [-0.39, 0.29) is 17.1 Å². The fraction of sp³-hybridized carbons (Fsp3) is 0.278. The number of thiophene rings is 1. The van der Waals surface area contributed by atoms with Crippen molar-refractivity contribution in [3.63, 3.8) is 0 Å². The summed E-state index contributed by atoms with van der Waals surface area (Å²) in [5.74, 6) is -0.0205. The molecule has 26 heavy (non-hydrogen) atoms. The molecule has 0 aliphatic carbocycles. The molecule has 0 unspecified atom stereocenters. The molecule has 0 fully saturated rings. The van der Waals surface area contributed by atoms with Crippen LogP contribution < -0.4 is 14.2 Å². The Morgan fingerprint density at radius 1 is 1.08 bits per heavy atom. The van der Waals surface area contributed by atoms with Crippen molar-refractivity contribution < 1.29 is 28.6 Å². The van der Waals surface area contributed by atoms with Gasteiger partial charge in [-0.1, -0.05) is 18.1 Å². The number of hydrogen-bond donors (Lipinski definition) is 0. The second-order valence-corrected chi connectivity index (χ2v) is 5.94. The molecule has 0 amide bonds. The average molecular weight is 377 g/mol. The molecule has 2 rings (SSSR count). The summed E-state index contributed by atoms with van der Waals surface area (Å²) in [6, 6.07) is 6.37. The molecule has 0 aliphatic heterocycles. The molecule has 0 radical (unpaired) electrons. The number of benzene rings is 1. The Morgan fingerprint density at radius 2 is 1.73 bits per heavy atom. The van der Waals surface area contributed by atoms with E-state index in [1.807, 2.05) is 0 Å². The number of carbonyl (C=O) groups is 2. The van der Waals surface area contributed by atoms with Gasteiger partial charge in [-0.05, 0) is 30.0 Å². The molecule has 0 saturated heterocycles. The molecule has 0 N–H and O–H groups in total. The fourth-order valence-electron chi connectivity index (χ4n) is 2.16. The van der Waals surface area contributed by atoms with Crippen molar-refractivity contribution in [2.45, 2.75) is 13.3 Å². The van der Waals surface area contributed by atoms with Gasteiger partial charge >= 0.3 is 5.97 Å². The normalized spacial score (nSPS) is 11.0. The third-order valence-corrected chi connectivity index (χ3v) is 4.35. The standard InChI is InChI=1S/C18H19NO6S/c1-5-12(16(20)15-7-6-8-26-15)19-25-18(21)11-9-13(22-2)17(24-4)14(10-11)23-3/h6-10H,5H2,1-4H3/b19-12+. The number of oxime groups is 1. The molecule has 0 aliphatic rings. The summed E-state index contributed by atoms with van der Waals surface area (Å²) >= 11 is 1.30. The molecule has 0 atom stereocenters. The van der Waals surface area contributed by atoms with Crippen LogP contribution in [0.3, 0.4) is 0 Å². The SMILES string of the molecule is CC/C(=N\OC(=O)c1cc(OC)c(OC)c(OC)c1)C(=O)c1cccs1. The van der Waals surface area contributed by atoms with Gasteiger partial charge in [-0.3, -0.25) is 4.79 Å². The van der Waals surface area contributed by atoms with Crippen LogP contribution in [-0.2, 0) is 4.84 Å². The lowest BCUT2D eigenvalue weighted by Crippen LogP contribution is -2.14. The molecule has 0 spiro atoms. The van der Waals surface area contributed by atoms with Crippen LogP contribution >= 0.6 is 11.3 Å². The van der Waals surface area contributed by atoms with E-state index in [0.717, 1.165) is 0 Å². The Morgan fingerprint density at radius 3 is 2.19 bits per heavy atom. The lowest BCUT2D eigenvalue weighted by Gasteiger charge is -2.13. The Labute approximate surface area is 155 Å². The first-order valence-corrected chi connectivity index (χ1v) is 8.60. The molecular formula is C18H19NO6S. The Balaban J connectivity index is 2.24. The maximum absolute atomic E-state index is 12.3. The van der Waals surface area contributed by atoms with Gasteiger partial charge in [0.2, 0.25) is 11.5 Å². The highest BCUT2D eigenvalue weighted by atomic mass is 32.1. The lowest BCUT2D eigenvalue weighted by molar-refractivity contribution is 0.0514. The van der Waals surface area contributed by atoms with E-state index in [2.05, 4.69) is 5.16 Å². The van der Waals surface area contributed by atoms with Gasteiger partial charge in [-0.15, -0.1) is 11.3 Å². The summed E-state index contributed by atoms with van der Waals surface area (Å²) in [5.41, 5.74) is 0.315. The molecule has 1 aromatic carbocycles. The largest absolute Gasteiger partial charge is 0.493 e. The summed E-state index contributed by atoms with van der Waals surface area (Å²) in [4.78, 5) is 30.1. The highest BCUT2D eigenvalue weighted by Gasteiger charge is 2.19. The van der Waals surface area contributed by atoms with Crippen molar-refractivity contribution in [1.29, 1.82) is 0 Å². The lowest BCUT2D eigenvalue weighted by atomic mass is 10.1. The number of nitrogens with zero attached hydrogens (tertiary/aromatic N) is 1. The van der Waals surface area contributed by atoms with E-state index in [0.29, 0.717) is 28.5 Å². The second kappa shape index (κ2) is 9.00. The summed E-state index contributed by atoms with van der Waals surface area (Å²) in [7, 11) is 4.35. The maximum Gasteiger partial charge on any atom is 0.366 e.